The smallest absolute Gasteiger partial charge is 0.323 e. The number of nitrogens with one attached hydrogen (secondary N) is 3. The molecular weight excluding hydrogens is 367 g/mol. The van der Waals surface area contributed by atoms with Gasteiger partial charge in [0.05, 0.1) is 11.2 Å². The Morgan fingerprint density at radius 1 is 1.04 bits per heavy atom. The number of rotatable bonds is 2. The number of anilines is 2. The number of hydrogen-bond donors (Lipinski definition) is 4. The van der Waals surface area contributed by atoms with Crippen LogP contribution in [-0.2, 0) is 0 Å². The maximum absolute atomic E-state index is 13.6. The second-order valence-corrected chi connectivity index (χ2v) is 5.38. The van der Waals surface area contributed by atoms with E-state index >= 15 is 0 Å². The Labute approximate surface area is 148 Å². The van der Waals surface area contributed by atoms with Gasteiger partial charge in [0.2, 0.25) is 11.2 Å². The van der Waals surface area contributed by atoms with Crippen molar-refractivity contribution < 1.29 is 23.1 Å². The third-order valence-corrected chi connectivity index (χ3v) is 3.58. The Kier molecular flexibility index (Phi) is 4.55. The monoisotopic (exact) mass is 377 g/mol. The number of para-hydroxylation sites is 1. The molecule has 0 atom stereocenters. The molecule has 10 heteroatoms. The van der Waals surface area contributed by atoms with Gasteiger partial charge >= 0.3 is 6.03 Å². The Balaban J connectivity index is 2.04. The van der Waals surface area contributed by atoms with E-state index in [-0.39, 0.29) is 17.0 Å². The number of carbonyl (C=O) groups is 1. The lowest BCUT2D eigenvalue weighted by Gasteiger charge is -2.08. The van der Waals surface area contributed by atoms with Crippen LogP contribution >= 0.6 is 0 Å². The highest BCUT2D eigenvalue weighted by Gasteiger charge is 2.18. The third kappa shape index (κ3) is 3.45. The van der Waals surface area contributed by atoms with Crippen LogP contribution in [0.15, 0.2) is 46.0 Å². The summed E-state index contributed by atoms with van der Waals surface area (Å²) < 4.78 is 40.0. The van der Waals surface area contributed by atoms with Crippen molar-refractivity contribution in [2.75, 3.05) is 10.6 Å². The van der Waals surface area contributed by atoms with Crippen LogP contribution in [0.25, 0.3) is 10.9 Å². The lowest BCUT2D eigenvalue weighted by atomic mass is 10.2. The number of aromatic nitrogens is 1. The van der Waals surface area contributed by atoms with Crippen LogP contribution < -0.4 is 21.6 Å². The summed E-state index contributed by atoms with van der Waals surface area (Å²) >= 11 is 0. The van der Waals surface area contributed by atoms with E-state index in [0.29, 0.717) is 6.07 Å². The molecule has 0 unspecified atom stereocenters. The van der Waals surface area contributed by atoms with Crippen molar-refractivity contribution in [2.45, 2.75) is 0 Å². The van der Waals surface area contributed by atoms with Crippen LogP contribution in [0.3, 0.4) is 0 Å². The van der Waals surface area contributed by atoms with Crippen LogP contribution in [0.5, 0.6) is 5.75 Å². The zero-order valence-electron chi connectivity index (χ0n) is 13.3. The fourth-order valence-corrected chi connectivity index (χ4v) is 2.36. The summed E-state index contributed by atoms with van der Waals surface area (Å²) in [6.07, 6.45) is 0. The number of amides is 2. The molecule has 3 aromatic rings. The van der Waals surface area contributed by atoms with Gasteiger partial charge in [0.1, 0.15) is 11.5 Å². The molecule has 0 radical (unpaired) electrons. The van der Waals surface area contributed by atoms with Crippen molar-refractivity contribution >= 4 is 28.3 Å². The molecule has 2 aromatic carbocycles. The lowest BCUT2D eigenvalue weighted by Crippen LogP contribution is -2.24. The zero-order chi connectivity index (χ0) is 19.7. The van der Waals surface area contributed by atoms with Crippen LogP contribution in [0.1, 0.15) is 0 Å². The van der Waals surface area contributed by atoms with Gasteiger partial charge in [-0.25, -0.2) is 18.0 Å². The quantitative estimate of drug-likeness (QED) is 0.515. The van der Waals surface area contributed by atoms with Crippen LogP contribution in [-0.4, -0.2) is 16.1 Å². The third-order valence-electron chi connectivity index (χ3n) is 3.58. The Hall–Kier alpha value is -3.82. The molecule has 0 aliphatic rings. The van der Waals surface area contributed by atoms with E-state index < -0.39 is 51.6 Å². The summed E-state index contributed by atoms with van der Waals surface area (Å²) in [5, 5.41) is 13.6. The molecule has 0 spiro atoms. The number of fused-ring (bicyclic) bond motifs is 1. The molecule has 1 aromatic heterocycles. The van der Waals surface area contributed by atoms with Gasteiger partial charge in [0.15, 0.2) is 11.6 Å². The predicted octanol–water partition coefficient (Wildman–Crippen LogP) is 2.66. The molecule has 0 saturated heterocycles. The number of halogens is 3. The van der Waals surface area contributed by atoms with Crippen LogP contribution in [0.2, 0.25) is 0 Å². The molecule has 0 aliphatic heterocycles. The summed E-state index contributed by atoms with van der Waals surface area (Å²) in [6.45, 7) is 0. The van der Waals surface area contributed by atoms with Gasteiger partial charge < -0.3 is 20.7 Å². The molecule has 2 amide bonds. The van der Waals surface area contributed by atoms with Gasteiger partial charge in [-0.15, -0.1) is 0 Å². The second kappa shape index (κ2) is 6.83. The minimum absolute atomic E-state index is 0.0202. The van der Waals surface area contributed by atoms with E-state index in [1.54, 1.807) is 5.32 Å². The van der Waals surface area contributed by atoms with Gasteiger partial charge in [-0.1, -0.05) is 12.1 Å². The van der Waals surface area contributed by atoms with Crippen molar-refractivity contribution in [3.8, 4) is 5.75 Å². The highest BCUT2D eigenvalue weighted by molar-refractivity contribution is 6.01. The van der Waals surface area contributed by atoms with Gasteiger partial charge in [-0.2, -0.15) is 0 Å². The SMILES string of the molecule is O=C(Nc1cc(F)cc(F)c1F)Nc1c(O)c(=O)[nH]c2ccccc2c1=O. The fraction of sp³-hybridized carbons (Fsp3) is 0. The van der Waals surface area contributed by atoms with Crippen molar-refractivity contribution in [3.05, 3.63) is 74.4 Å². The first-order valence-corrected chi connectivity index (χ1v) is 7.38. The maximum atomic E-state index is 13.6. The van der Waals surface area contributed by atoms with E-state index in [2.05, 4.69) is 4.98 Å². The predicted molar refractivity (Wildman–Crippen MR) is 91.5 cm³/mol. The average molecular weight is 377 g/mol. The molecule has 3 rings (SSSR count). The van der Waals surface area contributed by atoms with E-state index in [4.69, 9.17) is 0 Å². The number of carbonyl (C=O) groups excluding carboxylic acids is 1. The van der Waals surface area contributed by atoms with Crippen molar-refractivity contribution in [3.63, 3.8) is 0 Å². The number of benzene rings is 2. The number of aromatic amines is 1. The van der Waals surface area contributed by atoms with E-state index in [0.717, 1.165) is 0 Å². The summed E-state index contributed by atoms with van der Waals surface area (Å²) in [6, 6.07) is 5.28. The molecule has 0 fully saturated rings. The summed E-state index contributed by atoms with van der Waals surface area (Å²) in [5.74, 6) is -5.30. The van der Waals surface area contributed by atoms with Gasteiger partial charge in [-0.3, -0.25) is 9.59 Å². The standard InChI is InChI=1S/C17H10F3N3O4/c18-7-5-9(19)12(20)11(6-7)22-17(27)23-13-14(24)8-3-1-2-4-10(8)21-16(26)15(13)25/h1-6H,(H4,21,22,23,24,25,26,27). The van der Waals surface area contributed by atoms with E-state index in [9.17, 15) is 32.7 Å². The fourth-order valence-electron chi connectivity index (χ4n) is 2.36. The first-order valence-electron chi connectivity index (χ1n) is 7.38. The lowest BCUT2D eigenvalue weighted by molar-refractivity contribution is 0.262. The molecule has 1 heterocycles. The maximum Gasteiger partial charge on any atom is 0.323 e. The molecule has 4 N–H and O–H groups in total. The molecular formula is C17H10F3N3O4. The minimum atomic E-state index is -1.54. The molecule has 0 aliphatic carbocycles. The normalized spacial score (nSPS) is 10.6. The van der Waals surface area contributed by atoms with Gasteiger partial charge in [-0.05, 0) is 12.1 Å². The Morgan fingerprint density at radius 2 is 1.74 bits per heavy atom. The van der Waals surface area contributed by atoms with Gasteiger partial charge in [0, 0.05) is 17.5 Å². The highest BCUT2D eigenvalue weighted by Crippen LogP contribution is 2.20. The topological polar surface area (TPSA) is 111 Å². The molecule has 138 valence electrons. The second-order valence-electron chi connectivity index (χ2n) is 5.38. The molecule has 7 nitrogen and oxygen atoms in total. The number of H-pyrrole nitrogens is 1. The first-order chi connectivity index (χ1) is 12.8. The average Bonchev–Trinajstić information content (AvgIpc) is 2.70. The van der Waals surface area contributed by atoms with Crippen LogP contribution in [0.4, 0.5) is 29.3 Å². The van der Waals surface area contributed by atoms with Crippen molar-refractivity contribution in [1.82, 2.24) is 4.98 Å². The number of aromatic hydroxyl groups is 1. The summed E-state index contributed by atoms with van der Waals surface area (Å²) in [7, 11) is 0. The zero-order valence-corrected chi connectivity index (χ0v) is 13.3. The Bertz CT molecular complexity index is 1190. The minimum Gasteiger partial charge on any atom is -0.501 e. The Morgan fingerprint density at radius 3 is 2.48 bits per heavy atom. The molecule has 27 heavy (non-hydrogen) atoms. The van der Waals surface area contributed by atoms with Crippen LogP contribution in [0, 0.1) is 17.5 Å². The van der Waals surface area contributed by atoms with E-state index in [1.165, 1.54) is 24.3 Å². The van der Waals surface area contributed by atoms with E-state index in [1.807, 2.05) is 5.32 Å². The first kappa shape index (κ1) is 18.0. The number of hydrogen-bond acceptors (Lipinski definition) is 4. The summed E-state index contributed by atoms with van der Waals surface area (Å²) in [5.41, 5.74) is -3.48. The van der Waals surface area contributed by atoms with Gasteiger partial charge in [0.25, 0.3) is 5.56 Å². The molecule has 0 saturated carbocycles. The number of urea groups is 1. The van der Waals surface area contributed by atoms with Crippen molar-refractivity contribution in [1.29, 1.82) is 0 Å². The molecule has 0 bridgehead atoms. The van der Waals surface area contributed by atoms with Crippen molar-refractivity contribution in [2.24, 2.45) is 0 Å². The largest absolute Gasteiger partial charge is 0.501 e. The summed E-state index contributed by atoms with van der Waals surface area (Å²) in [4.78, 5) is 38.7. The highest BCUT2D eigenvalue weighted by atomic mass is 19.2.